The molecule has 3 amide bonds. The number of carboxylic acids is 2. The van der Waals surface area contributed by atoms with E-state index in [9.17, 15) is 24.0 Å². The van der Waals surface area contributed by atoms with Crippen LogP contribution in [0.4, 0.5) is 0 Å². The minimum absolute atomic E-state index is 0.146. The highest BCUT2D eigenvalue weighted by atomic mass is 16.4. The molecule has 0 aromatic rings. The Balaban J connectivity index is 0. The maximum Gasteiger partial charge on any atom is 0.326 e. The number of amides is 3. The highest BCUT2D eigenvalue weighted by Crippen LogP contribution is 2.10. The fourth-order valence-corrected chi connectivity index (χ4v) is 3.68. The van der Waals surface area contributed by atoms with Gasteiger partial charge in [-0.1, -0.05) is 64.7 Å². The topological polar surface area (TPSA) is 254 Å². The summed E-state index contributed by atoms with van der Waals surface area (Å²) in [6, 6.07) is -3.00. The first-order chi connectivity index (χ1) is 18.5. The van der Waals surface area contributed by atoms with Gasteiger partial charge in [0.2, 0.25) is 17.7 Å². The van der Waals surface area contributed by atoms with Crippen LogP contribution in [0.15, 0.2) is 0 Å². The van der Waals surface area contributed by atoms with Gasteiger partial charge in [-0.25, -0.2) is 4.79 Å². The summed E-state index contributed by atoms with van der Waals surface area (Å²) >= 11 is 0. The average molecular weight is 561 g/mol. The second-order valence-electron chi connectivity index (χ2n) is 9.66. The summed E-state index contributed by atoms with van der Waals surface area (Å²) in [6.45, 7) is 3.31. The molecule has 13 heteroatoms. The van der Waals surface area contributed by atoms with Gasteiger partial charge in [0.25, 0.3) is 0 Å². The summed E-state index contributed by atoms with van der Waals surface area (Å²) in [5, 5.41) is 23.0. The van der Waals surface area contributed by atoms with Crippen LogP contribution in [0.25, 0.3) is 0 Å². The van der Waals surface area contributed by atoms with Crippen molar-refractivity contribution in [1.82, 2.24) is 10.6 Å². The lowest BCUT2D eigenvalue weighted by Gasteiger charge is -2.17. The molecule has 0 radical (unpaired) electrons. The van der Waals surface area contributed by atoms with Crippen molar-refractivity contribution in [3.8, 4) is 0 Å². The Morgan fingerprint density at radius 1 is 0.692 bits per heavy atom. The van der Waals surface area contributed by atoms with Crippen LogP contribution in [-0.4, -0.2) is 71.1 Å². The number of nitrogens with two attached hydrogens (primary N) is 4. The van der Waals surface area contributed by atoms with Crippen molar-refractivity contribution in [3.63, 3.8) is 0 Å². The molecule has 0 bridgehead atoms. The Morgan fingerprint density at radius 2 is 1.18 bits per heavy atom. The highest BCUT2D eigenvalue weighted by molar-refractivity contribution is 5.90. The summed E-state index contributed by atoms with van der Waals surface area (Å²) in [4.78, 5) is 54.6. The van der Waals surface area contributed by atoms with E-state index in [4.69, 9.17) is 33.1 Å². The molecule has 3 atom stereocenters. The molecule has 0 aromatic carbocycles. The van der Waals surface area contributed by atoms with Crippen LogP contribution in [0.2, 0.25) is 0 Å². The van der Waals surface area contributed by atoms with Crippen LogP contribution in [0, 0.1) is 0 Å². The number of carbonyl (C=O) groups is 5. The van der Waals surface area contributed by atoms with E-state index in [1.165, 1.54) is 51.4 Å². The van der Waals surface area contributed by atoms with Crippen LogP contribution >= 0.6 is 0 Å². The second kappa shape index (κ2) is 25.5. The number of carbonyl (C=O) groups excluding carboxylic acids is 3. The molecule has 13 nitrogen and oxygen atoms in total. The molecule has 0 aliphatic heterocycles. The highest BCUT2D eigenvalue weighted by Gasteiger charge is 2.23. The summed E-state index contributed by atoms with van der Waals surface area (Å²) in [5.74, 6) is -4.16. The molecule has 0 heterocycles. The normalized spacial score (nSPS) is 12.9. The molecule has 0 saturated carbocycles. The monoisotopic (exact) mass is 560 g/mol. The first-order valence-corrected chi connectivity index (χ1v) is 14.0. The van der Waals surface area contributed by atoms with Crippen molar-refractivity contribution in [3.05, 3.63) is 0 Å². The Morgan fingerprint density at radius 3 is 1.62 bits per heavy atom. The quantitative estimate of drug-likeness (QED) is 0.0767. The molecule has 0 unspecified atom stereocenters. The van der Waals surface area contributed by atoms with Crippen molar-refractivity contribution in [2.45, 2.75) is 121 Å². The van der Waals surface area contributed by atoms with E-state index in [0.29, 0.717) is 25.9 Å². The molecule has 0 aliphatic rings. The van der Waals surface area contributed by atoms with Gasteiger partial charge >= 0.3 is 11.9 Å². The number of aliphatic carboxylic acids is 2. The fraction of sp³-hybridized carbons (Fsp3) is 0.808. The van der Waals surface area contributed by atoms with E-state index >= 15 is 0 Å². The third-order valence-corrected chi connectivity index (χ3v) is 5.94. The zero-order chi connectivity index (χ0) is 30.1. The maximum absolute atomic E-state index is 11.5. The number of rotatable bonds is 24. The minimum atomic E-state index is -1.15. The summed E-state index contributed by atoms with van der Waals surface area (Å²) in [6.07, 6.45) is 13.5. The van der Waals surface area contributed by atoms with Crippen molar-refractivity contribution < 1.29 is 34.2 Å². The lowest BCUT2D eigenvalue weighted by molar-refractivity contribution is -0.142. The fourth-order valence-electron chi connectivity index (χ4n) is 3.68. The summed E-state index contributed by atoms with van der Waals surface area (Å²) < 4.78 is 0. The molecule has 0 aliphatic carbocycles. The minimum Gasteiger partial charge on any atom is -0.480 e. The van der Waals surface area contributed by atoms with Crippen molar-refractivity contribution in [2.75, 3.05) is 13.1 Å². The predicted octanol–water partition coefficient (Wildman–Crippen LogP) is 0.713. The van der Waals surface area contributed by atoms with Crippen LogP contribution in [0.3, 0.4) is 0 Å². The van der Waals surface area contributed by atoms with Crippen molar-refractivity contribution in [1.29, 1.82) is 0 Å². The third kappa shape index (κ3) is 25.3. The Hall–Kier alpha value is -2.77. The maximum atomic E-state index is 11.5. The number of hydrogen-bond donors (Lipinski definition) is 8. The molecule has 0 rings (SSSR count). The molecule has 0 saturated heterocycles. The number of nitrogens with one attached hydrogen (secondary N) is 2. The molecule has 228 valence electrons. The first-order valence-electron chi connectivity index (χ1n) is 14.0. The van der Waals surface area contributed by atoms with Gasteiger partial charge < -0.3 is 43.8 Å². The van der Waals surface area contributed by atoms with Crippen LogP contribution in [-0.2, 0) is 24.0 Å². The molecular formula is C26H52N6O7. The SMILES string of the molecule is CCCCCCCCCCCCN[C@@H](CC(N)=O)C(=O)O.NCCCC[C@H](NC(=O)[C@@H](N)CC(N)=O)C(=O)O. The molecule has 0 spiro atoms. The first kappa shape index (κ1) is 38.4. The number of hydrogen-bond acceptors (Lipinski definition) is 8. The van der Waals surface area contributed by atoms with Gasteiger partial charge in [-0.2, -0.15) is 0 Å². The van der Waals surface area contributed by atoms with Gasteiger partial charge in [0.1, 0.15) is 12.1 Å². The number of carboxylic acid groups (broad SMARTS) is 2. The van der Waals surface area contributed by atoms with Crippen molar-refractivity contribution >= 4 is 29.7 Å². The van der Waals surface area contributed by atoms with Crippen LogP contribution in [0.5, 0.6) is 0 Å². The van der Waals surface area contributed by atoms with Crippen LogP contribution in [0.1, 0.15) is 103 Å². The summed E-state index contributed by atoms with van der Waals surface area (Å²) in [7, 11) is 0. The number of primary amides is 2. The molecule has 12 N–H and O–H groups in total. The smallest absolute Gasteiger partial charge is 0.326 e. The van der Waals surface area contributed by atoms with E-state index in [0.717, 1.165) is 12.8 Å². The largest absolute Gasteiger partial charge is 0.480 e. The second-order valence-corrected chi connectivity index (χ2v) is 9.66. The Labute approximate surface area is 232 Å². The van der Waals surface area contributed by atoms with Crippen molar-refractivity contribution in [2.24, 2.45) is 22.9 Å². The van der Waals surface area contributed by atoms with E-state index in [1.54, 1.807) is 0 Å². The lowest BCUT2D eigenvalue weighted by atomic mass is 10.1. The lowest BCUT2D eigenvalue weighted by Crippen LogP contribution is -2.49. The molecule has 0 aromatic heterocycles. The van der Waals surface area contributed by atoms with E-state index in [-0.39, 0.29) is 19.3 Å². The predicted molar refractivity (Wildman–Crippen MR) is 149 cm³/mol. The van der Waals surface area contributed by atoms with Gasteiger partial charge in [-0.15, -0.1) is 0 Å². The van der Waals surface area contributed by atoms with E-state index in [1.807, 2.05) is 0 Å². The molecule has 39 heavy (non-hydrogen) atoms. The van der Waals surface area contributed by atoms with Crippen LogP contribution < -0.4 is 33.6 Å². The average Bonchev–Trinajstić information content (AvgIpc) is 2.85. The zero-order valence-corrected chi connectivity index (χ0v) is 23.5. The van der Waals surface area contributed by atoms with E-state index in [2.05, 4.69) is 17.6 Å². The molecular weight excluding hydrogens is 508 g/mol. The van der Waals surface area contributed by atoms with Gasteiger partial charge in [0.15, 0.2) is 0 Å². The van der Waals surface area contributed by atoms with Gasteiger partial charge in [0, 0.05) is 0 Å². The number of unbranched alkanes of at least 4 members (excludes halogenated alkanes) is 10. The molecule has 0 fully saturated rings. The zero-order valence-electron chi connectivity index (χ0n) is 23.5. The summed E-state index contributed by atoms with van der Waals surface area (Å²) in [5.41, 5.74) is 20.6. The Kier molecular flexibility index (Phi) is 25.1. The van der Waals surface area contributed by atoms with Gasteiger partial charge in [0.05, 0.1) is 18.9 Å². The standard InChI is InChI=1S/C16H32N2O3.C10H20N4O4/c1-2-3-4-5-6-7-8-9-10-11-12-18-14(16(20)21)13-15(17)19;11-4-2-1-3-7(10(17)18)14-9(16)6(12)5-8(13)15/h14,18H,2-13H2,1H3,(H2,17,19)(H,20,21);6-7H,1-5,11-12H2,(H2,13,15)(H,14,16)(H,17,18)/t14-;6-,7-/m00/s1. The van der Waals surface area contributed by atoms with E-state index < -0.39 is 47.8 Å². The van der Waals surface area contributed by atoms with Gasteiger partial charge in [-0.3, -0.25) is 19.2 Å². The third-order valence-electron chi connectivity index (χ3n) is 5.94. The Bertz CT molecular complexity index is 708. The van der Waals surface area contributed by atoms with Gasteiger partial charge in [-0.05, 0) is 38.8 Å².